The molecule has 0 unspecified atom stereocenters. The molecule has 0 saturated heterocycles. The van der Waals surface area contributed by atoms with E-state index < -0.39 is 0 Å². The van der Waals surface area contributed by atoms with Crippen LogP contribution in [0.15, 0.2) is 94.7 Å². The summed E-state index contributed by atoms with van der Waals surface area (Å²) in [5, 5.41) is 22.6. The average Bonchev–Trinajstić information content (AvgIpc) is 4.11. The Hall–Kier alpha value is -6.32. The lowest BCUT2D eigenvalue weighted by atomic mass is 9.78. The van der Waals surface area contributed by atoms with Gasteiger partial charge in [-0.2, -0.15) is 10.5 Å². The van der Waals surface area contributed by atoms with Crippen molar-refractivity contribution in [3.8, 4) is 34.4 Å². The van der Waals surface area contributed by atoms with Gasteiger partial charge in [0.25, 0.3) is 0 Å². The Morgan fingerprint density at radius 2 is 0.848 bits per heavy atom. The first kappa shape index (κ1) is 44.9. The van der Waals surface area contributed by atoms with Crippen LogP contribution in [0.25, 0.3) is 78.4 Å². The third-order valence-corrected chi connectivity index (χ3v) is 15.2. The number of fused-ring (bicyclic) bond motifs is 9. The van der Waals surface area contributed by atoms with Crippen molar-refractivity contribution < 1.29 is 0 Å². The molecular formula is C58H56N6S2. The summed E-state index contributed by atoms with van der Waals surface area (Å²) in [6, 6.07) is 35.2. The van der Waals surface area contributed by atoms with Crippen LogP contribution in [0.4, 0.5) is 0 Å². The molecule has 0 radical (unpaired) electrons. The highest BCUT2D eigenvalue weighted by Gasteiger charge is 2.26. The van der Waals surface area contributed by atoms with Crippen LogP contribution in [0, 0.1) is 22.7 Å². The van der Waals surface area contributed by atoms with Crippen LogP contribution >= 0.6 is 23.5 Å². The van der Waals surface area contributed by atoms with Crippen molar-refractivity contribution in [3.63, 3.8) is 0 Å². The van der Waals surface area contributed by atoms with Gasteiger partial charge < -0.3 is 9.97 Å². The van der Waals surface area contributed by atoms with E-state index in [-0.39, 0.29) is 27.2 Å². The lowest BCUT2D eigenvalue weighted by molar-refractivity contribution is 0.568. The number of nitriles is 2. The van der Waals surface area contributed by atoms with E-state index in [0.29, 0.717) is 16.4 Å². The Balaban J connectivity index is 1.51. The molecule has 0 saturated carbocycles. The van der Waals surface area contributed by atoms with Gasteiger partial charge in [0.2, 0.25) is 0 Å². The number of aromatic nitrogens is 4. The van der Waals surface area contributed by atoms with Crippen molar-refractivity contribution in [2.75, 3.05) is 0 Å². The van der Waals surface area contributed by atoms with Gasteiger partial charge in [-0.1, -0.05) is 155 Å². The van der Waals surface area contributed by atoms with Crippen LogP contribution in [0.2, 0.25) is 0 Å². The van der Waals surface area contributed by atoms with E-state index in [2.05, 4.69) is 190 Å². The topological polar surface area (TPSA) is 105 Å². The second-order valence-corrected chi connectivity index (χ2v) is 24.0. The summed E-state index contributed by atoms with van der Waals surface area (Å²) in [6.45, 7) is 27.0. The van der Waals surface area contributed by atoms with Crippen LogP contribution in [0.1, 0.15) is 128 Å². The van der Waals surface area contributed by atoms with E-state index in [9.17, 15) is 10.5 Å². The second-order valence-electron chi connectivity index (χ2n) is 21.6. The maximum atomic E-state index is 10.5. The van der Waals surface area contributed by atoms with E-state index in [1.807, 2.05) is 24.3 Å². The van der Waals surface area contributed by atoms with Crippen LogP contribution in [0.5, 0.6) is 0 Å². The molecule has 3 aliphatic rings. The van der Waals surface area contributed by atoms with Gasteiger partial charge in [-0.25, -0.2) is 9.97 Å². The number of thioether (sulfide) groups is 2. The zero-order chi connectivity index (χ0) is 47.1. The fourth-order valence-electron chi connectivity index (χ4n) is 8.64. The van der Waals surface area contributed by atoms with Crippen LogP contribution in [-0.4, -0.2) is 19.9 Å². The Labute approximate surface area is 397 Å². The van der Waals surface area contributed by atoms with Crippen molar-refractivity contribution in [2.45, 2.75) is 115 Å². The second kappa shape index (κ2) is 16.2. The molecule has 6 nitrogen and oxygen atoms in total. The summed E-state index contributed by atoms with van der Waals surface area (Å²) >= 11 is 3.57. The van der Waals surface area contributed by atoms with Crippen molar-refractivity contribution in [2.24, 2.45) is 0 Å². The van der Waals surface area contributed by atoms with E-state index in [1.165, 1.54) is 32.0 Å². The average molecular weight is 901 g/mol. The van der Waals surface area contributed by atoms with Gasteiger partial charge in [0, 0.05) is 42.7 Å². The Morgan fingerprint density at radius 3 is 1.29 bits per heavy atom. The standard InChI is InChI=1S/C58H56N6S2/c1-55(2,3)36-25-33(26-37(29-36)56(4,5)6)50-40-17-19-44(61-40)52(35(31-59)32-60)45-20-18-41(62-45)51(34-27-38(57(7,8)9)30-39(28-34)58(10,11)12)43-22-24-47(64-43)53(46-23-21-42(50)63-46)54-65-48-15-13-14-16-49(48)66-54/h13-30,61,64H,1-12H3. The van der Waals surface area contributed by atoms with Crippen molar-refractivity contribution >= 4 is 79.7 Å². The molecular weight excluding hydrogens is 845 g/mol. The zero-order valence-corrected chi connectivity index (χ0v) is 41.6. The largest absolute Gasteiger partial charge is 0.354 e. The van der Waals surface area contributed by atoms with E-state index in [4.69, 9.17) is 9.97 Å². The molecule has 330 valence electrons. The van der Waals surface area contributed by atoms with Crippen molar-refractivity contribution in [1.82, 2.24) is 19.9 Å². The summed E-state index contributed by atoms with van der Waals surface area (Å²) in [7, 11) is 0. The van der Waals surface area contributed by atoms with Crippen molar-refractivity contribution in [1.29, 1.82) is 10.5 Å². The highest BCUT2D eigenvalue weighted by molar-refractivity contribution is 8.32. The molecule has 6 heterocycles. The van der Waals surface area contributed by atoms with Crippen LogP contribution in [-0.2, 0) is 21.7 Å². The number of nitrogens with zero attached hydrogens (tertiary/aromatic N) is 4. The highest BCUT2D eigenvalue weighted by atomic mass is 32.2. The number of benzene rings is 3. The van der Waals surface area contributed by atoms with Gasteiger partial charge >= 0.3 is 0 Å². The van der Waals surface area contributed by atoms with Gasteiger partial charge in [-0.3, -0.25) is 0 Å². The number of nitrogens with one attached hydrogen (secondary N) is 2. The quantitative estimate of drug-likeness (QED) is 0.179. The lowest BCUT2D eigenvalue weighted by Gasteiger charge is -2.26. The molecule has 3 aliphatic heterocycles. The fourth-order valence-corrected chi connectivity index (χ4v) is 11.3. The minimum Gasteiger partial charge on any atom is -0.354 e. The zero-order valence-electron chi connectivity index (χ0n) is 40.0. The predicted octanol–water partition coefficient (Wildman–Crippen LogP) is 14.3. The molecule has 3 aromatic carbocycles. The fraction of sp³-hybridized carbons (Fsp3) is 0.276. The summed E-state index contributed by atoms with van der Waals surface area (Å²) in [4.78, 5) is 21.0. The number of hydrogen-bond donors (Lipinski definition) is 2. The summed E-state index contributed by atoms with van der Waals surface area (Å²) in [5.74, 6) is 0. The van der Waals surface area contributed by atoms with Gasteiger partial charge in [0.15, 0.2) is 0 Å². The first-order valence-electron chi connectivity index (χ1n) is 22.6. The lowest BCUT2D eigenvalue weighted by Crippen LogP contribution is -2.16. The molecule has 0 fully saturated rings. The molecule has 8 bridgehead atoms. The van der Waals surface area contributed by atoms with Crippen LogP contribution in [0.3, 0.4) is 0 Å². The SMILES string of the molecule is CC(C)(C)c1cc(-c2c3nc(c(=C4Sc5ccccc5S4)c4ccc([nH]4)c(-c4cc(C(C)(C)C)cc(C(C)(C)C)c4)c4nc(c(=C(C#N)C#N)c5ccc2[nH]5)C=C4)C=C3)cc(C(C)(C)C)c1. The number of aromatic amines is 2. The number of H-pyrrole nitrogens is 2. The van der Waals surface area contributed by atoms with Crippen molar-refractivity contribution in [3.05, 3.63) is 140 Å². The summed E-state index contributed by atoms with van der Waals surface area (Å²) < 4.78 is 1.15. The molecule has 0 amide bonds. The Bertz CT molecular complexity index is 3300. The third kappa shape index (κ3) is 8.38. The molecule has 66 heavy (non-hydrogen) atoms. The van der Waals surface area contributed by atoms with Crippen LogP contribution < -0.4 is 10.4 Å². The van der Waals surface area contributed by atoms with E-state index in [1.54, 1.807) is 23.5 Å². The van der Waals surface area contributed by atoms with Gasteiger partial charge in [0.05, 0.1) is 37.7 Å². The highest BCUT2D eigenvalue weighted by Crippen LogP contribution is 2.51. The molecule has 6 aromatic rings. The Kier molecular flexibility index (Phi) is 11.0. The molecule has 0 atom stereocenters. The summed E-state index contributed by atoms with van der Waals surface area (Å²) in [5.41, 5.74) is 14.5. The monoisotopic (exact) mass is 900 g/mol. The number of hydrogen-bond acceptors (Lipinski definition) is 6. The van der Waals surface area contributed by atoms with Gasteiger partial charge in [0.1, 0.15) is 17.7 Å². The van der Waals surface area contributed by atoms with Gasteiger partial charge in [-0.15, -0.1) is 0 Å². The summed E-state index contributed by atoms with van der Waals surface area (Å²) in [6.07, 6.45) is 8.24. The molecule has 0 aliphatic carbocycles. The molecule has 2 N–H and O–H groups in total. The molecule has 3 aromatic heterocycles. The first-order valence-corrected chi connectivity index (χ1v) is 24.2. The maximum absolute atomic E-state index is 10.5. The smallest absolute Gasteiger partial charge is 0.141 e. The van der Waals surface area contributed by atoms with Gasteiger partial charge in [-0.05, 0) is 116 Å². The predicted molar refractivity (Wildman–Crippen MR) is 280 cm³/mol. The molecule has 0 spiro atoms. The molecule has 8 heteroatoms. The van der Waals surface area contributed by atoms with E-state index in [0.717, 1.165) is 65.3 Å². The minimum atomic E-state index is -0.126. The minimum absolute atomic E-state index is 0.0218. The molecule has 9 rings (SSSR count). The first-order chi connectivity index (χ1) is 31.1. The van der Waals surface area contributed by atoms with E-state index >= 15 is 0 Å². The number of rotatable bonds is 2. The maximum Gasteiger partial charge on any atom is 0.141 e. The Morgan fingerprint density at radius 1 is 0.470 bits per heavy atom. The third-order valence-electron chi connectivity index (χ3n) is 12.6. The normalized spacial score (nSPS) is 13.8.